The van der Waals surface area contributed by atoms with Crippen LogP contribution in [-0.4, -0.2) is 71.4 Å². The van der Waals surface area contributed by atoms with Crippen molar-refractivity contribution in [3.63, 3.8) is 0 Å². The molecule has 1 atom stereocenters. The van der Waals surface area contributed by atoms with Gasteiger partial charge in [0.1, 0.15) is 11.5 Å². The molecule has 1 aromatic rings. The first kappa shape index (κ1) is 25.2. The molecule has 29 heavy (non-hydrogen) atoms. The van der Waals surface area contributed by atoms with Crippen molar-refractivity contribution in [3.05, 3.63) is 23.8 Å². The van der Waals surface area contributed by atoms with E-state index in [0.717, 1.165) is 32.5 Å². The van der Waals surface area contributed by atoms with Crippen molar-refractivity contribution in [1.29, 1.82) is 0 Å². The summed E-state index contributed by atoms with van der Waals surface area (Å²) in [7, 11) is -0.492. The van der Waals surface area contributed by atoms with Gasteiger partial charge < -0.3 is 19.7 Å². The molecule has 0 radical (unpaired) electrons. The number of rotatable bonds is 14. The monoisotopic (exact) mass is 429 g/mol. The van der Waals surface area contributed by atoms with E-state index in [4.69, 9.17) is 9.47 Å². The van der Waals surface area contributed by atoms with E-state index in [-0.39, 0.29) is 18.3 Å². The Bertz CT molecular complexity index is 736. The summed E-state index contributed by atoms with van der Waals surface area (Å²) in [6.07, 6.45) is 1.70. The van der Waals surface area contributed by atoms with E-state index in [9.17, 15) is 13.2 Å². The second-order valence-corrected chi connectivity index (χ2v) is 8.70. The Hall–Kier alpha value is -1.84. The number of carbonyl (C=O) groups excluding carboxylic acids is 1. The van der Waals surface area contributed by atoms with Crippen LogP contribution < -0.4 is 19.5 Å². The number of benzene rings is 1. The van der Waals surface area contributed by atoms with E-state index in [1.807, 2.05) is 6.92 Å². The Morgan fingerprint density at radius 2 is 1.86 bits per heavy atom. The lowest BCUT2D eigenvalue weighted by molar-refractivity contribution is 0.0953. The predicted octanol–water partition coefficient (Wildman–Crippen LogP) is 1.86. The zero-order chi connectivity index (χ0) is 21.9. The van der Waals surface area contributed by atoms with E-state index in [1.165, 1.54) is 14.2 Å². The minimum Gasteiger partial charge on any atom is -0.497 e. The molecule has 0 aliphatic carbocycles. The fourth-order valence-electron chi connectivity index (χ4n) is 2.97. The Morgan fingerprint density at radius 3 is 2.45 bits per heavy atom. The Morgan fingerprint density at radius 1 is 1.17 bits per heavy atom. The molecule has 0 unspecified atom stereocenters. The van der Waals surface area contributed by atoms with Crippen LogP contribution >= 0.6 is 0 Å². The van der Waals surface area contributed by atoms with E-state index in [0.29, 0.717) is 17.1 Å². The molecule has 0 bridgehead atoms. The first-order valence-corrected chi connectivity index (χ1v) is 11.6. The maximum Gasteiger partial charge on any atom is 0.255 e. The van der Waals surface area contributed by atoms with Crippen molar-refractivity contribution >= 4 is 15.9 Å². The number of nitrogens with zero attached hydrogens (tertiary/aromatic N) is 1. The first-order valence-electron chi connectivity index (χ1n) is 9.98. The van der Waals surface area contributed by atoms with Crippen molar-refractivity contribution in [2.75, 3.05) is 46.2 Å². The third-order valence-electron chi connectivity index (χ3n) is 4.70. The lowest BCUT2D eigenvalue weighted by Gasteiger charge is -2.19. The van der Waals surface area contributed by atoms with Crippen LogP contribution in [0.4, 0.5) is 0 Å². The van der Waals surface area contributed by atoms with Crippen molar-refractivity contribution in [2.45, 2.75) is 39.7 Å². The number of methoxy groups -OCH3 is 2. The van der Waals surface area contributed by atoms with Crippen molar-refractivity contribution in [3.8, 4) is 11.5 Å². The number of hydrogen-bond acceptors (Lipinski definition) is 6. The van der Waals surface area contributed by atoms with E-state index < -0.39 is 15.9 Å². The van der Waals surface area contributed by atoms with Crippen LogP contribution in [0.3, 0.4) is 0 Å². The minimum atomic E-state index is -3.48. The van der Waals surface area contributed by atoms with Gasteiger partial charge in [0.2, 0.25) is 10.0 Å². The van der Waals surface area contributed by atoms with Gasteiger partial charge in [-0.25, -0.2) is 13.1 Å². The highest BCUT2D eigenvalue weighted by molar-refractivity contribution is 7.89. The molecule has 0 saturated carbocycles. The van der Waals surface area contributed by atoms with E-state index in [1.54, 1.807) is 18.2 Å². The van der Waals surface area contributed by atoms with Crippen molar-refractivity contribution in [2.24, 2.45) is 0 Å². The Labute approximate surface area is 175 Å². The van der Waals surface area contributed by atoms with Crippen LogP contribution in [0, 0.1) is 0 Å². The quantitative estimate of drug-likeness (QED) is 0.469. The van der Waals surface area contributed by atoms with Crippen LogP contribution in [0.2, 0.25) is 0 Å². The van der Waals surface area contributed by atoms with Gasteiger partial charge in [-0.3, -0.25) is 4.79 Å². The summed E-state index contributed by atoms with van der Waals surface area (Å²) < 4.78 is 37.5. The molecule has 8 nitrogen and oxygen atoms in total. The molecular weight excluding hydrogens is 394 g/mol. The normalized spacial score (nSPS) is 12.6. The molecule has 0 spiro atoms. The first-order chi connectivity index (χ1) is 13.8. The summed E-state index contributed by atoms with van der Waals surface area (Å²) in [5.41, 5.74) is 0.323. The fraction of sp³-hybridized carbons (Fsp3) is 0.650. The van der Waals surface area contributed by atoms with Gasteiger partial charge in [0, 0.05) is 18.7 Å². The van der Waals surface area contributed by atoms with Gasteiger partial charge in [-0.2, -0.15) is 0 Å². The number of nitrogens with one attached hydrogen (secondary N) is 2. The molecule has 1 amide bonds. The lowest BCUT2D eigenvalue weighted by Crippen LogP contribution is -2.39. The summed E-state index contributed by atoms with van der Waals surface area (Å²) in [5.74, 6) is 0.356. The molecule has 166 valence electrons. The summed E-state index contributed by atoms with van der Waals surface area (Å²) in [4.78, 5) is 14.7. The van der Waals surface area contributed by atoms with Gasteiger partial charge in [-0.1, -0.05) is 13.8 Å². The molecule has 2 N–H and O–H groups in total. The molecule has 0 saturated heterocycles. The van der Waals surface area contributed by atoms with Crippen LogP contribution in [0.15, 0.2) is 18.2 Å². The number of amides is 1. The van der Waals surface area contributed by atoms with Gasteiger partial charge in [0.05, 0.1) is 25.5 Å². The van der Waals surface area contributed by atoms with E-state index in [2.05, 4.69) is 28.8 Å². The number of ether oxygens (including phenoxy) is 2. The molecule has 9 heteroatoms. The fourth-order valence-corrected chi connectivity index (χ4v) is 4.19. The second-order valence-electron chi connectivity index (χ2n) is 6.83. The molecule has 0 heterocycles. The molecule has 0 aliphatic heterocycles. The Kier molecular flexibility index (Phi) is 11.0. The topological polar surface area (TPSA) is 97.0 Å². The summed E-state index contributed by atoms with van der Waals surface area (Å²) >= 11 is 0. The highest BCUT2D eigenvalue weighted by Gasteiger charge is 2.17. The largest absolute Gasteiger partial charge is 0.497 e. The molecule has 1 rings (SSSR count). The molecule has 0 fully saturated rings. The van der Waals surface area contributed by atoms with Gasteiger partial charge >= 0.3 is 0 Å². The van der Waals surface area contributed by atoms with Crippen LogP contribution in [0.1, 0.15) is 44.0 Å². The van der Waals surface area contributed by atoms with Gasteiger partial charge in [0.25, 0.3) is 5.91 Å². The molecule has 0 aliphatic rings. The minimum absolute atomic E-state index is 0.00944. The van der Waals surface area contributed by atoms with Crippen LogP contribution in [-0.2, 0) is 10.0 Å². The number of carbonyl (C=O) groups is 1. The molecule has 0 aromatic heterocycles. The summed E-state index contributed by atoms with van der Waals surface area (Å²) in [5, 5.41) is 2.63. The average Bonchev–Trinajstić information content (AvgIpc) is 2.69. The zero-order valence-corrected chi connectivity index (χ0v) is 19.0. The maximum atomic E-state index is 12.3. The van der Waals surface area contributed by atoms with Crippen molar-refractivity contribution < 1.29 is 22.7 Å². The standard InChI is InChI=1S/C20H35N3O5S/c1-6-23(7-2)13-8-9-16(3)22-29(25,26)14-12-21-20(24)18-11-10-17(27-4)15-19(18)28-5/h10-11,15-16,22H,6-9,12-14H2,1-5H3,(H,21,24)/t16-/m1/s1. The maximum absolute atomic E-state index is 12.3. The van der Waals surface area contributed by atoms with Crippen molar-refractivity contribution in [1.82, 2.24) is 14.9 Å². The summed E-state index contributed by atoms with van der Waals surface area (Å²) in [6, 6.07) is 4.69. The third kappa shape index (κ3) is 9.01. The smallest absolute Gasteiger partial charge is 0.255 e. The molecule has 1 aromatic carbocycles. The second kappa shape index (κ2) is 12.7. The van der Waals surface area contributed by atoms with Gasteiger partial charge in [-0.15, -0.1) is 0 Å². The Balaban J connectivity index is 2.46. The van der Waals surface area contributed by atoms with E-state index >= 15 is 0 Å². The van der Waals surface area contributed by atoms with Gasteiger partial charge in [0.15, 0.2) is 0 Å². The van der Waals surface area contributed by atoms with Gasteiger partial charge in [-0.05, 0) is 51.5 Å². The highest BCUT2D eigenvalue weighted by atomic mass is 32.2. The third-order valence-corrected chi connectivity index (χ3v) is 6.20. The number of sulfonamides is 1. The lowest BCUT2D eigenvalue weighted by atomic mass is 10.2. The zero-order valence-electron chi connectivity index (χ0n) is 18.2. The average molecular weight is 430 g/mol. The molecular formula is C20H35N3O5S. The van der Waals surface area contributed by atoms with Crippen LogP contribution in [0.5, 0.6) is 11.5 Å². The highest BCUT2D eigenvalue weighted by Crippen LogP contribution is 2.24. The summed E-state index contributed by atoms with van der Waals surface area (Å²) in [6.45, 7) is 9.05. The predicted molar refractivity (Wildman–Crippen MR) is 115 cm³/mol. The number of hydrogen-bond donors (Lipinski definition) is 2. The van der Waals surface area contributed by atoms with Crippen LogP contribution in [0.25, 0.3) is 0 Å². The SMILES string of the molecule is CCN(CC)CCC[C@@H](C)NS(=O)(=O)CCNC(=O)c1ccc(OC)cc1OC.